The number of rotatable bonds is 4. The van der Waals surface area contributed by atoms with Gasteiger partial charge < -0.3 is 10.2 Å². The molecule has 2 amide bonds. The first-order valence-corrected chi connectivity index (χ1v) is 7.92. The Labute approximate surface area is 120 Å². The van der Waals surface area contributed by atoms with E-state index in [1.165, 1.54) is 0 Å². The van der Waals surface area contributed by atoms with E-state index in [1.54, 1.807) is 30.5 Å². The average molecular weight is 286 g/mol. The Morgan fingerprint density at radius 3 is 2.32 bits per heavy atom. The summed E-state index contributed by atoms with van der Waals surface area (Å²) in [5, 5.41) is 2.83. The lowest BCUT2D eigenvalue weighted by molar-refractivity contribution is -0.155. The van der Waals surface area contributed by atoms with Crippen LogP contribution in [-0.4, -0.2) is 45.8 Å². The molecule has 110 valence electrons. The van der Waals surface area contributed by atoms with Gasteiger partial charge in [-0.05, 0) is 39.9 Å². The smallest absolute Gasteiger partial charge is 0.248 e. The van der Waals surface area contributed by atoms with Crippen molar-refractivity contribution in [2.45, 2.75) is 57.9 Å². The molecule has 4 nitrogen and oxygen atoms in total. The molecule has 0 spiro atoms. The molecule has 1 aliphatic rings. The molecule has 1 unspecified atom stereocenters. The number of hydrogen-bond acceptors (Lipinski definition) is 3. The Balaban J connectivity index is 3.10. The van der Waals surface area contributed by atoms with Gasteiger partial charge in [0.25, 0.3) is 0 Å². The summed E-state index contributed by atoms with van der Waals surface area (Å²) in [4.78, 5) is 26.6. The van der Waals surface area contributed by atoms with Gasteiger partial charge in [-0.1, -0.05) is 13.8 Å². The van der Waals surface area contributed by atoms with Crippen LogP contribution in [-0.2, 0) is 9.59 Å². The van der Waals surface area contributed by atoms with Crippen molar-refractivity contribution in [1.82, 2.24) is 10.2 Å². The minimum atomic E-state index is -0.809. The van der Waals surface area contributed by atoms with E-state index in [-0.39, 0.29) is 28.5 Å². The first-order chi connectivity index (χ1) is 8.52. The third-order valence-corrected chi connectivity index (χ3v) is 4.81. The molecule has 0 aromatic carbocycles. The van der Waals surface area contributed by atoms with E-state index in [1.807, 2.05) is 20.1 Å². The van der Waals surface area contributed by atoms with Crippen molar-refractivity contribution in [3.05, 3.63) is 0 Å². The second-order valence-corrected chi connectivity index (χ2v) is 8.21. The molecule has 0 radical (unpaired) electrons. The fourth-order valence-corrected chi connectivity index (χ4v) is 2.64. The van der Waals surface area contributed by atoms with E-state index in [0.717, 1.165) is 0 Å². The molecule has 1 atom stereocenters. The van der Waals surface area contributed by atoms with Crippen molar-refractivity contribution >= 4 is 23.6 Å². The van der Waals surface area contributed by atoms with Crippen LogP contribution in [0.1, 0.15) is 41.5 Å². The lowest BCUT2D eigenvalue weighted by Gasteiger charge is -2.46. The maximum Gasteiger partial charge on any atom is 0.248 e. The third kappa shape index (κ3) is 3.44. The summed E-state index contributed by atoms with van der Waals surface area (Å²) in [5.74, 6) is 0.0714. The highest BCUT2D eigenvalue weighted by atomic mass is 32.2. The summed E-state index contributed by atoms with van der Waals surface area (Å²) in [5.41, 5.74) is -0.809. The van der Waals surface area contributed by atoms with Crippen molar-refractivity contribution in [3.63, 3.8) is 0 Å². The first-order valence-electron chi connectivity index (χ1n) is 6.70. The van der Waals surface area contributed by atoms with Gasteiger partial charge in [-0.2, -0.15) is 11.8 Å². The van der Waals surface area contributed by atoms with Crippen molar-refractivity contribution in [2.75, 3.05) is 12.8 Å². The molecule has 19 heavy (non-hydrogen) atoms. The quantitative estimate of drug-likeness (QED) is 0.858. The Bertz CT molecular complexity index is 378. The second-order valence-electron chi connectivity index (χ2n) is 6.70. The van der Waals surface area contributed by atoms with Gasteiger partial charge in [-0.3, -0.25) is 9.59 Å². The van der Waals surface area contributed by atoms with E-state index >= 15 is 0 Å². The first kappa shape index (κ1) is 16.3. The molecule has 1 aliphatic heterocycles. The maximum absolute atomic E-state index is 12.6. The van der Waals surface area contributed by atoms with Crippen molar-refractivity contribution in [3.8, 4) is 0 Å². The summed E-state index contributed by atoms with van der Waals surface area (Å²) < 4.78 is -0.0590. The van der Waals surface area contributed by atoms with Gasteiger partial charge in [0.2, 0.25) is 11.8 Å². The molecular weight excluding hydrogens is 260 g/mol. The minimum absolute atomic E-state index is 0.00734. The molecular formula is C14H26N2O2S. The summed E-state index contributed by atoms with van der Waals surface area (Å²) in [7, 11) is 0. The Morgan fingerprint density at radius 1 is 1.37 bits per heavy atom. The Morgan fingerprint density at radius 2 is 1.89 bits per heavy atom. The molecule has 0 aliphatic carbocycles. The van der Waals surface area contributed by atoms with Crippen LogP contribution in [0.4, 0.5) is 0 Å². The number of nitrogens with one attached hydrogen (secondary N) is 1. The van der Waals surface area contributed by atoms with Crippen LogP contribution in [0.3, 0.4) is 0 Å². The zero-order valence-electron chi connectivity index (χ0n) is 13.0. The number of carbonyl (C=O) groups is 2. The zero-order chi connectivity index (χ0) is 15.0. The van der Waals surface area contributed by atoms with Gasteiger partial charge >= 0.3 is 0 Å². The lowest BCUT2D eigenvalue weighted by atomic mass is 9.90. The highest BCUT2D eigenvalue weighted by molar-refractivity contribution is 7.99. The standard InChI is InChI=1S/C14H26N2O2S/c1-9(2)10-11(17)15-14(5,6)12(18)16(10)8-13(3,4)19-7/h9-10H,8H2,1-7H3,(H,15,17). The summed E-state index contributed by atoms with van der Waals surface area (Å²) in [6.07, 6.45) is 2.03. The second kappa shape index (κ2) is 5.35. The van der Waals surface area contributed by atoms with Crippen molar-refractivity contribution < 1.29 is 9.59 Å². The van der Waals surface area contributed by atoms with Gasteiger partial charge in [0.15, 0.2) is 0 Å². The zero-order valence-corrected chi connectivity index (χ0v) is 13.9. The number of thioether (sulfide) groups is 1. The van der Waals surface area contributed by atoms with Gasteiger partial charge in [-0.25, -0.2) is 0 Å². The summed E-state index contributed by atoms with van der Waals surface area (Å²) >= 11 is 1.71. The van der Waals surface area contributed by atoms with Crippen molar-refractivity contribution in [2.24, 2.45) is 5.92 Å². The summed E-state index contributed by atoms with van der Waals surface area (Å²) in [6, 6.07) is -0.369. The Hall–Kier alpha value is -0.710. The van der Waals surface area contributed by atoms with Crippen LogP contribution in [0.15, 0.2) is 0 Å². The molecule has 0 bridgehead atoms. The number of nitrogens with zero attached hydrogens (tertiary/aromatic N) is 1. The maximum atomic E-state index is 12.6. The molecule has 5 heteroatoms. The third-order valence-electron chi connectivity index (χ3n) is 3.57. The molecule has 1 saturated heterocycles. The number of carbonyl (C=O) groups excluding carboxylic acids is 2. The largest absolute Gasteiger partial charge is 0.340 e. The monoisotopic (exact) mass is 286 g/mol. The molecule has 1 rings (SSSR count). The van der Waals surface area contributed by atoms with Crippen LogP contribution >= 0.6 is 11.8 Å². The normalized spacial score (nSPS) is 23.8. The van der Waals surface area contributed by atoms with Gasteiger partial charge in [0, 0.05) is 11.3 Å². The molecule has 1 N–H and O–H groups in total. The molecule has 0 saturated carbocycles. The van der Waals surface area contributed by atoms with Crippen LogP contribution < -0.4 is 5.32 Å². The van der Waals surface area contributed by atoms with E-state index in [9.17, 15) is 9.59 Å². The highest BCUT2D eigenvalue weighted by Gasteiger charge is 2.47. The van der Waals surface area contributed by atoms with Crippen molar-refractivity contribution in [1.29, 1.82) is 0 Å². The Kier molecular flexibility index (Phi) is 4.60. The molecule has 0 aromatic heterocycles. The SMILES string of the molecule is CSC(C)(C)CN1C(=O)C(C)(C)NC(=O)C1C(C)C. The van der Waals surface area contributed by atoms with Gasteiger partial charge in [0.1, 0.15) is 11.6 Å². The van der Waals surface area contributed by atoms with Crippen LogP contribution in [0, 0.1) is 5.92 Å². The predicted molar refractivity (Wildman–Crippen MR) is 80.2 cm³/mol. The summed E-state index contributed by atoms with van der Waals surface area (Å²) in [6.45, 7) is 12.3. The highest BCUT2D eigenvalue weighted by Crippen LogP contribution is 2.29. The number of piperazine rings is 1. The fourth-order valence-electron chi connectivity index (χ4n) is 2.37. The number of amides is 2. The van der Waals surface area contributed by atoms with E-state index in [0.29, 0.717) is 6.54 Å². The molecule has 1 heterocycles. The molecule has 0 aromatic rings. The van der Waals surface area contributed by atoms with Gasteiger partial charge in [0.05, 0.1) is 0 Å². The topological polar surface area (TPSA) is 49.4 Å². The molecule has 1 fully saturated rings. The average Bonchev–Trinajstić information content (AvgIpc) is 2.24. The van der Waals surface area contributed by atoms with Crippen LogP contribution in [0.2, 0.25) is 0 Å². The van der Waals surface area contributed by atoms with Crippen LogP contribution in [0.25, 0.3) is 0 Å². The van der Waals surface area contributed by atoms with E-state index in [2.05, 4.69) is 19.2 Å². The minimum Gasteiger partial charge on any atom is -0.340 e. The van der Waals surface area contributed by atoms with Crippen LogP contribution in [0.5, 0.6) is 0 Å². The number of hydrogen-bond donors (Lipinski definition) is 1. The fraction of sp³-hybridized carbons (Fsp3) is 0.857. The predicted octanol–water partition coefficient (Wildman–Crippen LogP) is 1.89. The van der Waals surface area contributed by atoms with E-state index < -0.39 is 5.54 Å². The van der Waals surface area contributed by atoms with E-state index in [4.69, 9.17) is 0 Å². The van der Waals surface area contributed by atoms with Gasteiger partial charge in [-0.15, -0.1) is 0 Å². The lowest BCUT2D eigenvalue weighted by Crippen LogP contribution is -2.70.